The van der Waals surface area contributed by atoms with E-state index >= 15 is 0 Å². The van der Waals surface area contributed by atoms with Gasteiger partial charge >= 0.3 is 5.97 Å². The van der Waals surface area contributed by atoms with Crippen molar-refractivity contribution in [2.75, 3.05) is 7.11 Å². The second kappa shape index (κ2) is 6.00. The molecule has 1 N–H and O–H groups in total. The smallest absolute Gasteiger partial charge is 0.315 e. The van der Waals surface area contributed by atoms with Gasteiger partial charge in [-0.25, -0.2) is 0 Å². The number of pyridine rings is 1. The number of phenols is 1. The molecule has 0 saturated carbocycles. The van der Waals surface area contributed by atoms with Crippen molar-refractivity contribution in [3.63, 3.8) is 0 Å². The first-order valence-corrected chi connectivity index (χ1v) is 5.97. The van der Waals surface area contributed by atoms with E-state index in [2.05, 4.69) is 4.98 Å². The molecule has 0 bridgehead atoms. The van der Waals surface area contributed by atoms with Gasteiger partial charge in [-0.15, -0.1) is 0 Å². The van der Waals surface area contributed by atoms with Gasteiger partial charge in [0.1, 0.15) is 11.7 Å². The maximum atomic E-state index is 11.9. The highest BCUT2D eigenvalue weighted by Gasteiger charge is 2.22. The van der Waals surface area contributed by atoms with Crippen molar-refractivity contribution >= 4 is 5.97 Å². The number of phenolic OH excluding ortho intramolecular Hbond substituents is 1. The number of aromatic hydroxyl groups is 1. The van der Waals surface area contributed by atoms with Crippen LogP contribution in [0.15, 0.2) is 48.7 Å². The Balaban J connectivity index is 2.24. The zero-order valence-electron chi connectivity index (χ0n) is 10.6. The summed E-state index contributed by atoms with van der Waals surface area (Å²) in [6, 6.07) is 12.2. The Hall–Kier alpha value is -2.36. The summed E-state index contributed by atoms with van der Waals surface area (Å²) in [6.45, 7) is 0. The minimum absolute atomic E-state index is 0.205. The van der Waals surface area contributed by atoms with Gasteiger partial charge in [0, 0.05) is 6.20 Å². The number of hydrogen-bond donors (Lipinski definition) is 1. The van der Waals surface area contributed by atoms with Crippen molar-refractivity contribution in [2.24, 2.45) is 0 Å². The lowest BCUT2D eigenvalue weighted by Gasteiger charge is -2.14. The summed E-state index contributed by atoms with van der Waals surface area (Å²) < 4.78 is 4.83. The zero-order chi connectivity index (χ0) is 13.7. The molecule has 1 aromatic carbocycles. The van der Waals surface area contributed by atoms with Crippen molar-refractivity contribution in [1.29, 1.82) is 0 Å². The molecule has 2 aromatic rings. The van der Waals surface area contributed by atoms with Crippen LogP contribution in [0.25, 0.3) is 0 Å². The third kappa shape index (κ3) is 3.31. The lowest BCUT2D eigenvalue weighted by Crippen LogP contribution is -2.17. The molecule has 0 fully saturated rings. The number of rotatable bonds is 4. The molecule has 98 valence electrons. The monoisotopic (exact) mass is 257 g/mol. The molecule has 0 saturated heterocycles. The second-order valence-corrected chi connectivity index (χ2v) is 4.20. The van der Waals surface area contributed by atoms with Crippen LogP contribution in [0.3, 0.4) is 0 Å². The highest BCUT2D eigenvalue weighted by molar-refractivity contribution is 5.77. The molecular formula is C15H15NO3. The van der Waals surface area contributed by atoms with Crippen LogP contribution in [0, 0.1) is 0 Å². The van der Waals surface area contributed by atoms with E-state index in [1.54, 1.807) is 36.5 Å². The molecule has 1 heterocycles. The van der Waals surface area contributed by atoms with Crippen molar-refractivity contribution in [3.8, 4) is 5.75 Å². The Morgan fingerprint density at radius 1 is 1.26 bits per heavy atom. The molecular weight excluding hydrogens is 242 g/mol. The predicted molar refractivity (Wildman–Crippen MR) is 70.8 cm³/mol. The van der Waals surface area contributed by atoms with Crippen molar-refractivity contribution < 1.29 is 14.6 Å². The molecule has 0 aliphatic rings. The highest BCUT2D eigenvalue weighted by atomic mass is 16.5. The normalized spacial score (nSPS) is 11.8. The number of benzene rings is 1. The third-order valence-electron chi connectivity index (χ3n) is 2.91. The first-order valence-electron chi connectivity index (χ1n) is 5.97. The molecule has 19 heavy (non-hydrogen) atoms. The van der Waals surface area contributed by atoms with E-state index in [1.165, 1.54) is 7.11 Å². The number of esters is 1. The van der Waals surface area contributed by atoms with E-state index in [0.29, 0.717) is 12.1 Å². The highest BCUT2D eigenvalue weighted by Crippen LogP contribution is 2.21. The second-order valence-electron chi connectivity index (χ2n) is 4.20. The van der Waals surface area contributed by atoms with Crippen LogP contribution in [0.5, 0.6) is 5.75 Å². The Morgan fingerprint density at radius 3 is 2.58 bits per heavy atom. The van der Waals surface area contributed by atoms with Crippen LogP contribution in [0.1, 0.15) is 17.2 Å². The van der Waals surface area contributed by atoms with Gasteiger partial charge in [-0.2, -0.15) is 0 Å². The third-order valence-corrected chi connectivity index (χ3v) is 2.91. The fourth-order valence-corrected chi connectivity index (χ4v) is 1.90. The largest absolute Gasteiger partial charge is 0.508 e. The van der Waals surface area contributed by atoms with Gasteiger partial charge in [-0.3, -0.25) is 9.78 Å². The van der Waals surface area contributed by atoms with Crippen molar-refractivity contribution in [1.82, 2.24) is 4.98 Å². The summed E-state index contributed by atoms with van der Waals surface area (Å²) >= 11 is 0. The molecule has 0 radical (unpaired) electrons. The Morgan fingerprint density at radius 2 is 2.00 bits per heavy atom. The summed E-state index contributed by atoms with van der Waals surface area (Å²) in [4.78, 5) is 16.1. The Bertz CT molecular complexity index is 537. The van der Waals surface area contributed by atoms with Crippen LogP contribution in [-0.2, 0) is 16.0 Å². The van der Waals surface area contributed by atoms with Gasteiger partial charge in [-0.05, 0) is 36.2 Å². The maximum absolute atomic E-state index is 11.9. The van der Waals surface area contributed by atoms with Crippen LogP contribution in [-0.4, -0.2) is 23.2 Å². The topological polar surface area (TPSA) is 59.4 Å². The van der Waals surface area contributed by atoms with E-state index in [1.807, 2.05) is 12.1 Å². The average Bonchev–Trinajstić information content (AvgIpc) is 2.47. The molecule has 0 aliphatic heterocycles. The number of carbonyl (C=O) groups is 1. The van der Waals surface area contributed by atoms with E-state index in [9.17, 15) is 9.90 Å². The Labute approximate surface area is 111 Å². The molecule has 4 heteroatoms. The maximum Gasteiger partial charge on any atom is 0.315 e. The fraction of sp³-hybridized carbons (Fsp3) is 0.200. The van der Waals surface area contributed by atoms with E-state index in [-0.39, 0.29) is 11.7 Å². The summed E-state index contributed by atoms with van der Waals surface area (Å²) in [5.74, 6) is -0.543. The summed E-state index contributed by atoms with van der Waals surface area (Å²) in [5.41, 5.74) is 1.63. The van der Waals surface area contributed by atoms with Gasteiger partial charge in [-0.1, -0.05) is 18.2 Å². The van der Waals surface area contributed by atoms with Gasteiger partial charge in [0.15, 0.2) is 0 Å². The summed E-state index contributed by atoms with van der Waals surface area (Å²) in [5, 5.41) is 9.26. The number of ether oxygens (including phenoxy) is 1. The first-order chi connectivity index (χ1) is 9.20. The minimum atomic E-state index is -0.434. The predicted octanol–water partition coefficient (Wildman–Crippen LogP) is 2.29. The van der Waals surface area contributed by atoms with E-state index in [0.717, 1.165) is 5.56 Å². The molecule has 1 atom stereocenters. The van der Waals surface area contributed by atoms with Crippen LogP contribution < -0.4 is 0 Å². The van der Waals surface area contributed by atoms with E-state index in [4.69, 9.17) is 4.74 Å². The average molecular weight is 257 g/mol. The van der Waals surface area contributed by atoms with Crippen LogP contribution >= 0.6 is 0 Å². The molecule has 0 amide bonds. The molecule has 0 unspecified atom stereocenters. The van der Waals surface area contributed by atoms with Gasteiger partial charge in [0.25, 0.3) is 0 Å². The van der Waals surface area contributed by atoms with Crippen molar-refractivity contribution in [3.05, 3.63) is 59.9 Å². The van der Waals surface area contributed by atoms with Gasteiger partial charge in [0.2, 0.25) is 0 Å². The quantitative estimate of drug-likeness (QED) is 0.854. The SMILES string of the molecule is COC(=O)[C@@H](Cc1ccc(O)cc1)c1ccccn1. The molecule has 0 spiro atoms. The number of nitrogens with zero attached hydrogens (tertiary/aromatic N) is 1. The Kier molecular flexibility index (Phi) is 4.13. The van der Waals surface area contributed by atoms with Gasteiger partial charge < -0.3 is 9.84 Å². The molecule has 0 aliphatic carbocycles. The van der Waals surface area contributed by atoms with Gasteiger partial charge in [0.05, 0.1) is 12.8 Å². The fourth-order valence-electron chi connectivity index (χ4n) is 1.90. The number of carbonyl (C=O) groups excluding carboxylic acids is 1. The summed E-state index contributed by atoms with van der Waals surface area (Å²) in [7, 11) is 1.37. The number of aromatic nitrogens is 1. The number of hydrogen-bond acceptors (Lipinski definition) is 4. The summed E-state index contributed by atoms with van der Waals surface area (Å²) in [6.07, 6.45) is 2.14. The van der Waals surface area contributed by atoms with Crippen LogP contribution in [0.2, 0.25) is 0 Å². The van der Waals surface area contributed by atoms with Crippen molar-refractivity contribution in [2.45, 2.75) is 12.3 Å². The zero-order valence-corrected chi connectivity index (χ0v) is 10.6. The molecule has 1 aromatic heterocycles. The standard InChI is InChI=1S/C15H15NO3/c1-19-15(18)13(14-4-2-3-9-16-14)10-11-5-7-12(17)8-6-11/h2-9,13,17H,10H2,1H3/t13-/m0/s1. The lowest BCUT2D eigenvalue weighted by atomic mass is 9.95. The molecule has 4 nitrogen and oxygen atoms in total. The van der Waals surface area contributed by atoms with Crippen LogP contribution in [0.4, 0.5) is 0 Å². The minimum Gasteiger partial charge on any atom is -0.508 e. The van der Waals surface area contributed by atoms with E-state index < -0.39 is 5.92 Å². The lowest BCUT2D eigenvalue weighted by molar-refractivity contribution is -0.142. The first kappa shape index (κ1) is 13.1. The number of methoxy groups -OCH3 is 1. The molecule has 2 rings (SSSR count).